The predicted molar refractivity (Wildman–Crippen MR) is 75.5 cm³/mol. The molecule has 0 radical (unpaired) electrons. The van der Waals surface area contributed by atoms with Crippen molar-refractivity contribution in [1.29, 1.82) is 0 Å². The van der Waals surface area contributed by atoms with Gasteiger partial charge in [0.1, 0.15) is 0 Å². The molecule has 0 spiro atoms. The van der Waals surface area contributed by atoms with Gasteiger partial charge in [0.15, 0.2) is 9.84 Å². The summed E-state index contributed by atoms with van der Waals surface area (Å²) in [4.78, 5) is 0.295. The molecule has 94 valence electrons. The van der Waals surface area contributed by atoms with Crippen LogP contribution < -0.4 is 0 Å². The van der Waals surface area contributed by atoms with E-state index in [-0.39, 0.29) is 0 Å². The van der Waals surface area contributed by atoms with Gasteiger partial charge in [0.25, 0.3) is 0 Å². The summed E-state index contributed by atoms with van der Waals surface area (Å²) in [7, 11) is -3.28. The fraction of sp³-hybridized carbons (Fsp3) is 0.286. The zero-order valence-corrected chi connectivity index (χ0v) is 11.8. The van der Waals surface area contributed by atoms with E-state index in [1.54, 1.807) is 31.2 Å². The van der Waals surface area contributed by atoms with Crippen molar-refractivity contribution >= 4 is 9.84 Å². The first-order valence-corrected chi connectivity index (χ1v) is 7.13. The lowest BCUT2D eigenvalue weighted by Gasteiger charge is -2.08. The Labute approximate surface area is 105 Å². The Hall–Kier alpha value is -1.35. The molecular weight excluding hydrogens is 232 g/mol. The van der Waals surface area contributed by atoms with Gasteiger partial charge in [-0.3, -0.25) is 0 Å². The monoisotopic (exact) mass is 252 g/mol. The van der Waals surface area contributed by atoms with E-state index in [1.165, 1.54) is 6.26 Å². The van der Waals surface area contributed by atoms with Gasteiger partial charge in [-0.1, -0.05) is 37.0 Å². The summed E-state index contributed by atoms with van der Waals surface area (Å²) < 4.78 is 23.5. The number of hydrogen-bond donors (Lipinski definition) is 0. The van der Waals surface area contributed by atoms with Crippen molar-refractivity contribution in [3.8, 4) is 0 Å². The Morgan fingerprint density at radius 2 is 1.71 bits per heavy atom. The first kappa shape index (κ1) is 15.7. The summed E-state index contributed by atoms with van der Waals surface area (Å²) in [5.74, 6) is 0. The van der Waals surface area contributed by atoms with E-state index in [9.17, 15) is 8.42 Å². The Balaban J connectivity index is 6.12. The molecule has 0 aromatic heterocycles. The number of hydrogen-bond acceptors (Lipinski definition) is 2. The third-order valence-corrected chi connectivity index (χ3v) is 3.08. The molecule has 0 fully saturated rings. The number of rotatable bonds is 5. The molecule has 0 amide bonds. The molecule has 17 heavy (non-hydrogen) atoms. The predicted octanol–water partition coefficient (Wildman–Crippen LogP) is 3.57. The zero-order valence-electron chi connectivity index (χ0n) is 10.9. The summed E-state index contributed by atoms with van der Waals surface area (Å²) in [5, 5.41) is 0. The lowest BCUT2D eigenvalue weighted by atomic mass is 10.1. The maximum absolute atomic E-state index is 11.8. The van der Waals surface area contributed by atoms with Gasteiger partial charge in [-0.2, -0.15) is 0 Å². The highest BCUT2D eigenvalue weighted by Crippen LogP contribution is 2.21. The Morgan fingerprint density at radius 1 is 1.18 bits per heavy atom. The van der Waals surface area contributed by atoms with Crippen molar-refractivity contribution in [1.82, 2.24) is 0 Å². The molecule has 0 saturated carbocycles. The second-order valence-electron chi connectivity index (χ2n) is 4.15. The van der Waals surface area contributed by atoms with E-state index >= 15 is 0 Å². The van der Waals surface area contributed by atoms with Crippen LogP contribution in [0.1, 0.15) is 20.8 Å². The number of allylic oxidation sites excluding steroid dienone is 7. The lowest BCUT2D eigenvalue weighted by molar-refractivity contribution is 0.608. The van der Waals surface area contributed by atoms with Crippen molar-refractivity contribution in [2.45, 2.75) is 20.8 Å². The van der Waals surface area contributed by atoms with Gasteiger partial charge in [-0.25, -0.2) is 8.42 Å². The van der Waals surface area contributed by atoms with Crippen LogP contribution in [-0.2, 0) is 9.84 Å². The molecule has 0 unspecified atom stereocenters. The van der Waals surface area contributed by atoms with Crippen LogP contribution in [0.2, 0.25) is 0 Å². The molecule has 0 heterocycles. The first-order chi connectivity index (χ1) is 7.70. The molecular formula is C14H20O2S. The van der Waals surface area contributed by atoms with Crippen molar-refractivity contribution in [3.05, 3.63) is 59.1 Å². The Morgan fingerprint density at radius 3 is 2.00 bits per heavy atom. The molecule has 3 heteroatoms. The maximum Gasteiger partial charge on any atom is 0.176 e. The van der Waals surface area contributed by atoms with E-state index in [4.69, 9.17) is 0 Å². The molecule has 0 aliphatic carbocycles. The SMILES string of the molecule is C=C/C=C\C(C(=C)C)=C(\C=C(C)C)S(C)(=O)=O. The van der Waals surface area contributed by atoms with Crippen LogP contribution in [0, 0.1) is 0 Å². The molecule has 0 aliphatic heterocycles. The normalized spacial score (nSPS) is 13.2. The Bertz CT molecular complexity index is 496. The minimum atomic E-state index is -3.28. The fourth-order valence-corrected chi connectivity index (χ4v) is 2.34. The van der Waals surface area contributed by atoms with E-state index in [0.29, 0.717) is 16.1 Å². The van der Waals surface area contributed by atoms with Crippen molar-refractivity contribution in [3.63, 3.8) is 0 Å². The average Bonchev–Trinajstić information content (AvgIpc) is 2.14. The summed E-state index contributed by atoms with van der Waals surface area (Å²) >= 11 is 0. The quantitative estimate of drug-likeness (QED) is 0.701. The van der Waals surface area contributed by atoms with Crippen LogP contribution >= 0.6 is 0 Å². The van der Waals surface area contributed by atoms with Crippen LogP contribution in [0.25, 0.3) is 0 Å². The van der Waals surface area contributed by atoms with E-state index in [0.717, 1.165) is 5.57 Å². The summed E-state index contributed by atoms with van der Waals surface area (Å²) in [6, 6.07) is 0. The highest BCUT2D eigenvalue weighted by molar-refractivity contribution is 7.94. The molecule has 0 rings (SSSR count). The smallest absolute Gasteiger partial charge is 0.176 e. The average molecular weight is 252 g/mol. The summed E-state index contributed by atoms with van der Waals surface area (Å²) in [6.07, 6.45) is 7.88. The van der Waals surface area contributed by atoms with Crippen molar-refractivity contribution < 1.29 is 8.42 Å². The second-order valence-corrected chi connectivity index (χ2v) is 6.13. The van der Waals surface area contributed by atoms with Crippen molar-refractivity contribution in [2.75, 3.05) is 6.26 Å². The van der Waals surface area contributed by atoms with E-state index in [1.807, 2.05) is 13.8 Å². The minimum absolute atomic E-state index is 0.295. The van der Waals surface area contributed by atoms with Gasteiger partial charge in [-0.15, -0.1) is 0 Å². The molecule has 2 nitrogen and oxygen atoms in total. The van der Waals surface area contributed by atoms with Crippen LogP contribution in [0.5, 0.6) is 0 Å². The summed E-state index contributed by atoms with van der Waals surface area (Å²) in [5.41, 5.74) is 2.26. The van der Waals surface area contributed by atoms with E-state index in [2.05, 4.69) is 13.2 Å². The van der Waals surface area contributed by atoms with Crippen LogP contribution in [-0.4, -0.2) is 14.7 Å². The maximum atomic E-state index is 11.8. The lowest BCUT2D eigenvalue weighted by Crippen LogP contribution is -2.03. The van der Waals surface area contributed by atoms with Gasteiger partial charge in [-0.05, 0) is 38.0 Å². The topological polar surface area (TPSA) is 34.1 Å². The highest BCUT2D eigenvalue weighted by atomic mass is 32.2. The fourth-order valence-electron chi connectivity index (χ4n) is 1.25. The second kappa shape index (κ2) is 6.40. The molecule has 0 aliphatic rings. The third kappa shape index (κ3) is 5.50. The molecule has 0 aromatic rings. The van der Waals surface area contributed by atoms with Gasteiger partial charge < -0.3 is 0 Å². The summed E-state index contributed by atoms with van der Waals surface area (Å²) in [6.45, 7) is 12.9. The minimum Gasteiger partial charge on any atom is -0.224 e. The standard InChI is InChI=1S/C14H20O2S/c1-7-8-9-13(12(4)5)14(10-11(2)3)17(6,15)16/h7-10H,1,4H2,2-3,5-6H3/b9-8-,14-13+. The Kier molecular flexibility index (Phi) is 5.89. The highest BCUT2D eigenvalue weighted by Gasteiger charge is 2.14. The molecule has 0 N–H and O–H groups in total. The van der Waals surface area contributed by atoms with Crippen molar-refractivity contribution in [2.24, 2.45) is 0 Å². The third-order valence-electron chi connectivity index (χ3n) is 1.94. The first-order valence-electron chi connectivity index (χ1n) is 5.24. The van der Waals surface area contributed by atoms with Gasteiger partial charge in [0, 0.05) is 6.26 Å². The van der Waals surface area contributed by atoms with Gasteiger partial charge >= 0.3 is 0 Å². The molecule has 0 atom stereocenters. The van der Waals surface area contributed by atoms with Crippen LogP contribution in [0.4, 0.5) is 0 Å². The largest absolute Gasteiger partial charge is 0.224 e. The molecule has 0 aromatic carbocycles. The van der Waals surface area contributed by atoms with Crippen LogP contribution in [0.15, 0.2) is 59.1 Å². The molecule has 0 bridgehead atoms. The number of sulfone groups is 1. The van der Waals surface area contributed by atoms with Gasteiger partial charge in [0.2, 0.25) is 0 Å². The van der Waals surface area contributed by atoms with Gasteiger partial charge in [0.05, 0.1) is 4.91 Å². The van der Waals surface area contributed by atoms with Crippen LogP contribution in [0.3, 0.4) is 0 Å². The molecule has 0 saturated heterocycles. The van der Waals surface area contributed by atoms with E-state index < -0.39 is 9.84 Å². The zero-order chi connectivity index (χ0) is 13.6.